The average molecular weight is 346 g/mol. The molecule has 4 nitrogen and oxygen atoms in total. The minimum absolute atomic E-state index is 0.158. The molecule has 24 heavy (non-hydrogen) atoms. The maximum absolute atomic E-state index is 13.1. The summed E-state index contributed by atoms with van der Waals surface area (Å²) < 4.78 is 28.3. The Morgan fingerprint density at radius 3 is 2.54 bits per heavy atom. The second-order valence-electron chi connectivity index (χ2n) is 6.71. The van der Waals surface area contributed by atoms with E-state index in [0.717, 1.165) is 31.2 Å². The molecule has 0 aliphatic carbocycles. The third kappa shape index (κ3) is 3.15. The Morgan fingerprint density at radius 2 is 1.88 bits per heavy atom. The van der Waals surface area contributed by atoms with Crippen LogP contribution in [0.5, 0.6) is 0 Å². The number of benzene rings is 1. The van der Waals surface area contributed by atoms with Crippen molar-refractivity contribution in [3.63, 3.8) is 0 Å². The van der Waals surface area contributed by atoms with Crippen molar-refractivity contribution in [2.45, 2.75) is 56.1 Å². The zero-order chi connectivity index (χ0) is 17.2. The third-order valence-corrected chi connectivity index (χ3v) is 7.04. The molecule has 1 aromatic carbocycles. The monoisotopic (exact) mass is 346 g/mol. The van der Waals surface area contributed by atoms with E-state index >= 15 is 0 Å². The summed E-state index contributed by atoms with van der Waals surface area (Å²) in [7, 11) is -3.33. The molecule has 0 amide bonds. The van der Waals surface area contributed by atoms with Crippen molar-refractivity contribution in [1.29, 1.82) is 0 Å². The first-order valence-corrected chi connectivity index (χ1v) is 10.4. The van der Waals surface area contributed by atoms with Gasteiger partial charge in [-0.2, -0.15) is 0 Å². The summed E-state index contributed by atoms with van der Waals surface area (Å²) in [5, 5.41) is 3.71. The van der Waals surface area contributed by atoms with Crippen LogP contribution in [0.15, 0.2) is 53.7 Å². The molecule has 1 aliphatic rings. The van der Waals surface area contributed by atoms with E-state index in [0.29, 0.717) is 4.90 Å². The van der Waals surface area contributed by atoms with E-state index in [1.165, 1.54) is 0 Å². The lowest BCUT2D eigenvalue weighted by molar-refractivity contribution is 0.262. The molecule has 0 radical (unpaired) electrons. The first kappa shape index (κ1) is 17.2. The average Bonchev–Trinajstić information content (AvgIpc) is 3.08. The van der Waals surface area contributed by atoms with Crippen molar-refractivity contribution < 1.29 is 8.42 Å². The van der Waals surface area contributed by atoms with Crippen molar-refractivity contribution >= 4 is 9.84 Å². The van der Waals surface area contributed by atoms with Gasteiger partial charge < -0.3 is 4.57 Å². The first-order chi connectivity index (χ1) is 11.5. The van der Waals surface area contributed by atoms with Gasteiger partial charge in [0, 0.05) is 23.5 Å². The Kier molecular flexibility index (Phi) is 4.83. The number of nitrogens with one attached hydrogen (secondary N) is 1. The fourth-order valence-corrected chi connectivity index (χ4v) is 5.78. The van der Waals surface area contributed by atoms with Crippen LogP contribution in [0.2, 0.25) is 0 Å². The summed E-state index contributed by atoms with van der Waals surface area (Å²) in [5.74, 6) is 0.158. The van der Waals surface area contributed by atoms with Gasteiger partial charge in [-0.3, -0.25) is 5.32 Å². The van der Waals surface area contributed by atoms with Gasteiger partial charge in [-0.1, -0.05) is 44.9 Å². The highest BCUT2D eigenvalue weighted by Gasteiger charge is 2.41. The molecule has 0 fully saturated rings. The van der Waals surface area contributed by atoms with E-state index in [9.17, 15) is 8.42 Å². The fraction of sp³-hybridized carbons (Fsp3) is 0.474. The lowest BCUT2D eigenvalue weighted by atomic mass is 9.91. The van der Waals surface area contributed by atoms with E-state index in [1.807, 2.05) is 42.7 Å². The smallest absolute Gasteiger partial charge is 0.180 e. The molecule has 1 N–H and O–H groups in total. The highest BCUT2D eigenvalue weighted by Crippen LogP contribution is 2.35. The Balaban J connectivity index is 2.15. The number of unbranched alkanes of at least 4 members (excludes halogenated alkanes) is 1. The van der Waals surface area contributed by atoms with Gasteiger partial charge in [-0.05, 0) is 31.0 Å². The fourth-order valence-electron chi connectivity index (χ4n) is 3.64. The lowest BCUT2D eigenvalue weighted by Gasteiger charge is -2.36. The quantitative estimate of drug-likeness (QED) is 0.897. The van der Waals surface area contributed by atoms with Crippen LogP contribution >= 0.6 is 0 Å². The summed E-state index contributed by atoms with van der Waals surface area (Å²) in [6.45, 7) is 4.23. The molecule has 0 saturated carbocycles. The largest absolute Gasteiger partial charge is 0.334 e. The second kappa shape index (κ2) is 6.73. The summed E-state index contributed by atoms with van der Waals surface area (Å²) in [5.41, 5.74) is 0.434. The number of hydrogen-bond donors (Lipinski definition) is 1. The zero-order valence-corrected chi connectivity index (χ0v) is 15.2. The topological polar surface area (TPSA) is 51.1 Å². The van der Waals surface area contributed by atoms with Gasteiger partial charge in [-0.15, -0.1) is 0 Å². The second-order valence-corrected chi connectivity index (χ2v) is 8.67. The molecule has 1 aromatic heterocycles. The summed E-state index contributed by atoms with van der Waals surface area (Å²) in [6.07, 6.45) is 7.56. The van der Waals surface area contributed by atoms with Crippen molar-refractivity contribution in [2.75, 3.05) is 5.75 Å². The molecule has 0 spiro atoms. The number of rotatable bonds is 5. The van der Waals surface area contributed by atoms with Crippen molar-refractivity contribution in [1.82, 2.24) is 9.88 Å². The van der Waals surface area contributed by atoms with E-state index in [1.54, 1.807) is 6.07 Å². The van der Waals surface area contributed by atoms with E-state index in [2.05, 4.69) is 23.7 Å². The molecular formula is C19H26N2O2S. The number of aromatic nitrogens is 1. The van der Waals surface area contributed by atoms with Crippen LogP contribution < -0.4 is 5.32 Å². The van der Waals surface area contributed by atoms with Crippen LogP contribution in [0.1, 0.15) is 51.3 Å². The van der Waals surface area contributed by atoms with Crippen molar-refractivity contribution in [3.05, 3.63) is 54.4 Å². The molecule has 0 bridgehead atoms. The normalized spacial score (nSPS) is 25.8. The van der Waals surface area contributed by atoms with E-state index < -0.39 is 15.4 Å². The number of sulfone groups is 1. The minimum Gasteiger partial charge on any atom is -0.334 e. The molecule has 2 atom stereocenters. The Bertz CT molecular complexity index is 783. The SMILES string of the molecule is CCCC[C@]1(CC)CS(=O)(=O)c2ccccc2[C@@H](n2cccc2)N1. The molecule has 5 heteroatoms. The Labute approximate surface area is 144 Å². The lowest BCUT2D eigenvalue weighted by Crippen LogP contribution is -2.51. The standard InChI is InChI=1S/C19H26N2O2S/c1-3-5-12-19(4-2)15-24(22,23)17-11-7-6-10-16(17)18(20-19)21-13-8-9-14-21/h6-11,13-14,18,20H,3-5,12,15H2,1-2H3/t18-,19-/m1/s1. The minimum atomic E-state index is -3.33. The number of fused-ring (bicyclic) bond motifs is 1. The molecule has 1 aliphatic heterocycles. The van der Waals surface area contributed by atoms with Crippen LogP contribution in [-0.2, 0) is 9.84 Å². The summed E-state index contributed by atoms with van der Waals surface area (Å²) in [6, 6.07) is 11.4. The molecule has 2 heterocycles. The highest BCUT2D eigenvalue weighted by molar-refractivity contribution is 7.91. The van der Waals surface area contributed by atoms with Gasteiger partial charge in [0.1, 0.15) is 6.17 Å². The van der Waals surface area contributed by atoms with E-state index in [-0.39, 0.29) is 11.9 Å². The Morgan fingerprint density at radius 1 is 1.17 bits per heavy atom. The van der Waals surface area contributed by atoms with Gasteiger partial charge in [0.25, 0.3) is 0 Å². The van der Waals surface area contributed by atoms with Crippen LogP contribution in [0.3, 0.4) is 0 Å². The molecular weight excluding hydrogens is 320 g/mol. The predicted molar refractivity (Wildman–Crippen MR) is 96.7 cm³/mol. The maximum Gasteiger partial charge on any atom is 0.180 e. The molecule has 3 rings (SSSR count). The first-order valence-electron chi connectivity index (χ1n) is 8.73. The predicted octanol–water partition coefficient (Wildman–Crippen LogP) is 3.75. The number of hydrogen-bond acceptors (Lipinski definition) is 3. The zero-order valence-electron chi connectivity index (χ0n) is 14.4. The van der Waals surface area contributed by atoms with Gasteiger partial charge in [-0.25, -0.2) is 8.42 Å². The van der Waals surface area contributed by atoms with Crippen LogP contribution in [0.4, 0.5) is 0 Å². The molecule has 0 unspecified atom stereocenters. The van der Waals surface area contributed by atoms with Gasteiger partial charge in [0.15, 0.2) is 9.84 Å². The summed E-state index contributed by atoms with van der Waals surface area (Å²) >= 11 is 0. The van der Waals surface area contributed by atoms with Crippen LogP contribution in [0, 0.1) is 0 Å². The molecule has 130 valence electrons. The maximum atomic E-state index is 13.1. The highest BCUT2D eigenvalue weighted by atomic mass is 32.2. The van der Waals surface area contributed by atoms with Gasteiger partial charge in [0.05, 0.1) is 10.6 Å². The van der Waals surface area contributed by atoms with E-state index in [4.69, 9.17) is 0 Å². The van der Waals surface area contributed by atoms with Crippen molar-refractivity contribution in [2.24, 2.45) is 0 Å². The summed E-state index contributed by atoms with van der Waals surface area (Å²) in [4.78, 5) is 0.461. The molecule has 2 aromatic rings. The van der Waals surface area contributed by atoms with Crippen LogP contribution in [0.25, 0.3) is 0 Å². The Hall–Kier alpha value is -1.59. The van der Waals surface area contributed by atoms with Gasteiger partial charge in [0.2, 0.25) is 0 Å². The van der Waals surface area contributed by atoms with Crippen molar-refractivity contribution in [3.8, 4) is 0 Å². The van der Waals surface area contributed by atoms with Gasteiger partial charge >= 0.3 is 0 Å². The number of nitrogens with zero attached hydrogens (tertiary/aromatic N) is 1. The third-order valence-electron chi connectivity index (χ3n) is 5.07. The molecule has 0 saturated heterocycles. The van der Waals surface area contributed by atoms with Crippen LogP contribution in [-0.4, -0.2) is 24.3 Å².